The Labute approximate surface area is 162 Å². The highest BCUT2D eigenvalue weighted by Gasteiger charge is 2.46. The lowest BCUT2D eigenvalue weighted by Gasteiger charge is -2.28. The van der Waals surface area contributed by atoms with Gasteiger partial charge in [0.15, 0.2) is 0 Å². The minimum Gasteiger partial charge on any atom is -0.333 e. The van der Waals surface area contributed by atoms with Crippen LogP contribution in [-0.2, 0) is 11.3 Å². The summed E-state index contributed by atoms with van der Waals surface area (Å²) >= 11 is 0. The number of halogens is 2. The Morgan fingerprint density at radius 1 is 1.30 bits per heavy atom. The monoisotopic (exact) mass is 392 g/mol. The molecular formula is C19H22ClFN4O2. The number of benzene rings is 1. The number of hydrogen-bond acceptors (Lipinski definition) is 4. The minimum atomic E-state index is -0.305. The van der Waals surface area contributed by atoms with Crippen molar-refractivity contribution < 1.29 is 9.18 Å². The lowest BCUT2D eigenvalue weighted by Crippen LogP contribution is -2.39. The van der Waals surface area contributed by atoms with Gasteiger partial charge in [0, 0.05) is 31.6 Å². The molecule has 3 heterocycles. The van der Waals surface area contributed by atoms with Gasteiger partial charge in [0.05, 0.1) is 11.7 Å². The van der Waals surface area contributed by atoms with E-state index in [2.05, 4.69) is 10.4 Å². The number of likely N-dealkylation sites (tertiary alicyclic amines) is 1. The number of rotatable bonds is 3. The summed E-state index contributed by atoms with van der Waals surface area (Å²) in [6.07, 6.45) is 0. The SMILES string of the molecule is Cc1ccc(=O)n(CC(=O)N2C[C@@H]3CNC[C@@H]3[C@H]2c2cccc(F)c2)n1.Cl. The molecule has 1 aromatic carbocycles. The van der Waals surface area contributed by atoms with Crippen LogP contribution in [0, 0.1) is 24.6 Å². The van der Waals surface area contributed by atoms with Crippen molar-refractivity contribution in [3.63, 3.8) is 0 Å². The fourth-order valence-electron chi connectivity index (χ4n) is 4.18. The third-order valence-electron chi connectivity index (χ3n) is 5.36. The zero-order chi connectivity index (χ0) is 18.3. The molecule has 2 saturated heterocycles. The quantitative estimate of drug-likeness (QED) is 0.860. The van der Waals surface area contributed by atoms with E-state index >= 15 is 0 Å². The molecule has 0 saturated carbocycles. The molecule has 6 nitrogen and oxygen atoms in total. The fraction of sp³-hybridized carbons (Fsp3) is 0.421. The maximum atomic E-state index is 13.8. The maximum absolute atomic E-state index is 13.8. The Bertz CT molecular complexity index is 903. The van der Waals surface area contributed by atoms with Gasteiger partial charge in [-0.15, -0.1) is 12.4 Å². The van der Waals surface area contributed by atoms with Crippen molar-refractivity contribution >= 4 is 18.3 Å². The van der Waals surface area contributed by atoms with Crippen molar-refractivity contribution in [2.45, 2.75) is 19.5 Å². The third kappa shape index (κ3) is 3.75. The molecule has 0 aliphatic carbocycles. The predicted molar refractivity (Wildman–Crippen MR) is 101 cm³/mol. The summed E-state index contributed by atoms with van der Waals surface area (Å²) in [6, 6.07) is 9.32. The van der Waals surface area contributed by atoms with Crippen LogP contribution in [0.4, 0.5) is 4.39 Å². The van der Waals surface area contributed by atoms with E-state index in [-0.39, 0.29) is 48.2 Å². The highest BCUT2D eigenvalue weighted by Crippen LogP contribution is 2.42. The van der Waals surface area contributed by atoms with E-state index < -0.39 is 0 Å². The number of fused-ring (bicyclic) bond motifs is 1. The summed E-state index contributed by atoms with van der Waals surface area (Å²) in [7, 11) is 0. The zero-order valence-corrected chi connectivity index (χ0v) is 15.8. The van der Waals surface area contributed by atoms with Crippen LogP contribution in [0.15, 0.2) is 41.2 Å². The van der Waals surface area contributed by atoms with Crippen LogP contribution in [0.3, 0.4) is 0 Å². The van der Waals surface area contributed by atoms with E-state index in [9.17, 15) is 14.0 Å². The van der Waals surface area contributed by atoms with Gasteiger partial charge in [-0.25, -0.2) is 9.07 Å². The molecule has 4 rings (SSSR count). The lowest BCUT2D eigenvalue weighted by atomic mass is 9.89. The second-order valence-electron chi connectivity index (χ2n) is 7.10. The number of hydrogen-bond donors (Lipinski definition) is 1. The first-order chi connectivity index (χ1) is 12.5. The molecule has 144 valence electrons. The van der Waals surface area contributed by atoms with Crippen molar-refractivity contribution in [3.05, 3.63) is 63.8 Å². The number of nitrogens with zero attached hydrogens (tertiary/aromatic N) is 3. The van der Waals surface area contributed by atoms with E-state index in [0.29, 0.717) is 18.2 Å². The van der Waals surface area contributed by atoms with Crippen LogP contribution in [0.2, 0.25) is 0 Å². The molecule has 0 radical (unpaired) electrons. The van der Waals surface area contributed by atoms with Gasteiger partial charge in [-0.05, 0) is 36.6 Å². The lowest BCUT2D eigenvalue weighted by molar-refractivity contribution is -0.133. The van der Waals surface area contributed by atoms with Gasteiger partial charge in [-0.3, -0.25) is 9.59 Å². The minimum absolute atomic E-state index is 0. The average Bonchev–Trinajstić information content (AvgIpc) is 3.19. The van der Waals surface area contributed by atoms with Crippen LogP contribution < -0.4 is 10.9 Å². The maximum Gasteiger partial charge on any atom is 0.267 e. The largest absolute Gasteiger partial charge is 0.333 e. The van der Waals surface area contributed by atoms with Gasteiger partial charge >= 0.3 is 0 Å². The van der Waals surface area contributed by atoms with E-state index in [1.807, 2.05) is 6.07 Å². The first-order valence-corrected chi connectivity index (χ1v) is 8.83. The van der Waals surface area contributed by atoms with Gasteiger partial charge in [-0.1, -0.05) is 12.1 Å². The zero-order valence-electron chi connectivity index (χ0n) is 15.0. The molecule has 2 aromatic rings. The second-order valence-corrected chi connectivity index (χ2v) is 7.10. The molecule has 27 heavy (non-hydrogen) atoms. The third-order valence-corrected chi connectivity index (χ3v) is 5.36. The Morgan fingerprint density at radius 2 is 2.11 bits per heavy atom. The molecule has 1 N–H and O–H groups in total. The first kappa shape index (κ1) is 19.5. The van der Waals surface area contributed by atoms with Crippen LogP contribution in [0.25, 0.3) is 0 Å². The molecule has 3 atom stereocenters. The van der Waals surface area contributed by atoms with Gasteiger partial charge < -0.3 is 10.2 Å². The van der Waals surface area contributed by atoms with E-state index in [1.165, 1.54) is 22.9 Å². The van der Waals surface area contributed by atoms with Crippen LogP contribution in [0.1, 0.15) is 17.3 Å². The number of carbonyl (C=O) groups excluding carboxylic acids is 1. The molecule has 0 unspecified atom stereocenters. The molecule has 2 fully saturated rings. The number of amides is 1. The van der Waals surface area contributed by atoms with Crippen LogP contribution in [-0.4, -0.2) is 40.2 Å². The van der Waals surface area contributed by atoms with Crippen molar-refractivity contribution in [2.75, 3.05) is 19.6 Å². The summed E-state index contributed by atoms with van der Waals surface area (Å²) in [4.78, 5) is 26.8. The number of carbonyl (C=O) groups is 1. The van der Waals surface area contributed by atoms with Crippen LogP contribution >= 0.6 is 12.4 Å². The normalized spacial score (nSPS) is 23.8. The molecule has 8 heteroatoms. The highest BCUT2D eigenvalue weighted by atomic mass is 35.5. The van der Waals surface area contributed by atoms with E-state index in [1.54, 1.807) is 24.0 Å². The van der Waals surface area contributed by atoms with Crippen molar-refractivity contribution in [1.29, 1.82) is 0 Å². The molecular weight excluding hydrogens is 371 g/mol. The summed E-state index contributed by atoms with van der Waals surface area (Å²) in [5.74, 6) is 0.132. The Kier molecular flexibility index (Phi) is 5.62. The Morgan fingerprint density at radius 3 is 2.89 bits per heavy atom. The average molecular weight is 393 g/mol. The molecule has 2 aliphatic heterocycles. The number of aromatic nitrogens is 2. The summed E-state index contributed by atoms with van der Waals surface area (Å²) in [6.45, 7) is 3.94. The smallest absolute Gasteiger partial charge is 0.267 e. The van der Waals surface area contributed by atoms with Gasteiger partial charge in [0.25, 0.3) is 5.56 Å². The van der Waals surface area contributed by atoms with Gasteiger partial charge in [0.1, 0.15) is 12.4 Å². The predicted octanol–water partition coefficient (Wildman–Crippen LogP) is 1.53. The Balaban J connectivity index is 0.00000210. The molecule has 2 aliphatic rings. The summed E-state index contributed by atoms with van der Waals surface area (Å²) < 4.78 is 15.0. The van der Waals surface area contributed by atoms with E-state index in [4.69, 9.17) is 0 Å². The van der Waals surface area contributed by atoms with Crippen molar-refractivity contribution in [2.24, 2.45) is 11.8 Å². The molecule has 0 spiro atoms. The summed E-state index contributed by atoms with van der Waals surface area (Å²) in [5, 5.41) is 7.52. The van der Waals surface area contributed by atoms with Crippen molar-refractivity contribution in [3.8, 4) is 0 Å². The van der Waals surface area contributed by atoms with Crippen LogP contribution in [0.5, 0.6) is 0 Å². The van der Waals surface area contributed by atoms with Gasteiger partial charge in [0.2, 0.25) is 5.91 Å². The summed E-state index contributed by atoms with van der Waals surface area (Å²) in [5.41, 5.74) is 1.19. The topological polar surface area (TPSA) is 67.2 Å². The standard InChI is InChI=1S/C19H21FN4O2.ClH/c1-12-5-6-17(25)24(22-12)11-18(26)23-10-14-8-21-9-16(14)19(23)13-3-2-4-15(20)7-13;/h2-7,14,16,19,21H,8-11H2,1H3;1H/t14-,16-,19+;/m0./s1. The number of aryl methyl sites for hydroxylation is 1. The number of nitrogens with one attached hydrogen (secondary N) is 1. The fourth-order valence-corrected chi connectivity index (χ4v) is 4.18. The first-order valence-electron chi connectivity index (χ1n) is 8.83. The van der Waals surface area contributed by atoms with Crippen molar-refractivity contribution in [1.82, 2.24) is 20.0 Å². The van der Waals surface area contributed by atoms with E-state index in [0.717, 1.165) is 18.7 Å². The van der Waals surface area contributed by atoms with Gasteiger partial charge in [-0.2, -0.15) is 5.10 Å². The molecule has 1 amide bonds. The second kappa shape index (κ2) is 7.78. The molecule has 1 aromatic heterocycles. The Hall–Kier alpha value is -2.25. The molecule has 0 bridgehead atoms. The highest BCUT2D eigenvalue weighted by molar-refractivity contribution is 5.85.